The Bertz CT molecular complexity index is 671. The van der Waals surface area contributed by atoms with Gasteiger partial charge in [0.1, 0.15) is 5.75 Å². The van der Waals surface area contributed by atoms with Crippen molar-refractivity contribution in [3.05, 3.63) is 58.1 Å². The molecule has 5 heteroatoms. The smallest absolute Gasteiger partial charge is 0.248 e. The SMILES string of the molecule is COc1ccc(Cl)cc1CNc1ccc(C(N)=O)cc1C. The number of amides is 1. The molecule has 2 aromatic carbocycles. The van der Waals surface area contributed by atoms with Crippen molar-refractivity contribution in [2.45, 2.75) is 13.5 Å². The number of benzene rings is 2. The second kappa shape index (κ2) is 6.50. The maximum absolute atomic E-state index is 11.1. The number of nitrogens with two attached hydrogens (primary N) is 1. The Hall–Kier alpha value is -2.20. The number of anilines is 1. The highest BCUT2D eigenvalue weighted by atomic mass is 35.5. The standard InChI is InChI=1S/C16H17ClN2O2/c1-10-7-11(16(18)20)3-5-14(10)19-9-12-8-13(17)4-6-15(12)21-2/h3-8,19H,9H2,1-2H3,(H2,18,20). The largest absolute Gasteiger partial charge is 0.496 e. The molecule has 0 unspecified atom stereocenters. The number of primary amides is 1. The first-order chi connectivity index (χ1) is 10.0. The fourth-order valence-corrected chi connectivity index (χ4v) is 2.29. The molecule has 0 aliphatic carbocycles. The molecule has 0 atom stereocenters. The van der Waals surface area contributed by atoms with E-state index in [1.165, 1.54) is 0 Å². The summed E-state index contributed by atoms with van der Waals surface area (Å²) in [5.41, 5.74) is 8.61. The average molecular weight is 305 g/mol. The van der Waals surface area contributed by atoms with Crippen molar-refractivity contribution >= 4 is 23.2 Å². The van der Waals surface area contributed by atoms with Crippen LogP contribution in [0.25, 0.3) is 0 Å². The summed E-state index contributed by atoms with van der Waals surface area (Å²) in [5.74, 6) is 0.347. The van der Waals surface area contributed by atoms with Crippen LogP contribution in [0.4, 0.5) is 5.69 Å². The molecule has 0 bridgehead atoms. The highest BCUT2D eigenvalue weighted by Crippen LogP contribution is 2.24. The molecule has 0 fully saturated rings. The molecule has 0 saturated carbocycles. The van der Waals surface area contributed by atoms with E-state index in [0.29, 0.717) is 17.1 Å². The van der Waals surface area contributed by atoms with Crippen molar-refractivity contribution in [3.8, 4) is 5.75 Å². The maximum Gasteiger partial charge on any atom is 0.248 e. The second-order valence-electron chi connectivity index (χ2n) is 4.70. The van der Waals surface area contributed by atoms with Crippen LogP contribution in [0.3, 0.4) is 0 Å². The van der Waals surface area contributed by atoms with E-state index in [1.807, 2.05) is 25.1 Å². The molecule has 0 aromatic heterocycles. The molecule has 0 saturated heterocycles. The molecule has 1 amide bonds. The molecule has 2 aromatic rings. The van der Waals surface area contributed by atoms with Crippen molar-refractivity contribution in [1.29, 1.82) is 0 Å². The summed E-state index contributed by atoms with van der Waals surface area (Å²) in [6.45, 7) is 2.49. The van der Waals surface area contributed by atoms with Crippen LogP contribution in [-0.2, 0) is 6.54 Å². The van der Waals surface area contributed by atoms with Gasteiger partial charge in [-0.3, -0.25) is 4.79 Å². The average Bonchev–Trinajstić information content (AvgIpc) is 2.46. The van der Waals surface area contributed by atoms with Crippen molar-refractivity contribution < 1.29 is 9.53 Å². The molecule has 0 heterocycles. The summed E-state index contributed by atoms with van der Waals surface area (Å²) in [6.07, 6.45) is 0. The highest BCUT2D eigenvalue weighted by Gasteiger charge is 2.07. The molecule has 0 aliphatic heterocycles. The third-order valence-electron chi connectivity index (χ3n) is 3.22. The number of hydrogen-bond acceptors (Lipinski definition) is 3. The molecule has 0 aliphatic rings. The Balaban J connectivity index is 2.17. The van der Waals surface area contributed by atoms with Crippen molar-refractivity contribution in [1.82, 2.24) is 0 Å². The fraction of sp³-hybridized carbons (Fsp3) is 0.188. The summed E-state index contributed by atoms with van der Waals surface area (Å²) in [6, 6.07) is 10.8. The predicted molar refractivity (Wildman–Crippen MR) is 85.0 cm³/mol. The van der Waals surface area contributed by atoms with E-state index in [9.17, 15) is 4.79 Å². The third kappa shape index (κ3) is 3.67. The topological polar surface area (TPSA) is 64.3 Å². The number of carbonyl (C=O) groups excluding carboxylic acids is 1. The first kappa shape index (κ1) is 15.2. The number of nitrogens with one attached hydrogen (secondary N) is 1. The van der Waals surface area contributed by atoms with Crippen molar-refractivity contribution in [2.24, 2.45) is 5.73 Å². The molecule has 3 N–H and O–H groups in total. The van der Waals surface area contributed by atoms with Gasteiger partial charge in [0, 0.05) is 28.4 Å². The van der Waals surface area contributed by atoms with Crippen molar-refractivity contribution in [2.75, 3.05) is 12.4 Å². The first-order valence-electron chi connectivity index (χ1n) is 6.48. The van der Waals surface area contributed by atoms with Crippen LogP contribution in [0, 0.1) is 6.92 Å². The number of halogens is 1. The lowest BCUT2D eigenvalue weighted by Gasteiger charge is -2.13. The minimum absolute atomic E-state index is 0.429. The lowest BCUT2D eigenvalue weighted by molar-refractivity contribution is 0.1000. The lowest BCUT2D eigenvalue weighted by atomic mass is 10.1. The number of methoxy groups -OCH3 is 1. The normalized spacial score (nSPS) is 10.2. The number of carbonyl (C=O) groups is 1. The van der Waals surface area contributed by atoms with Crippen LogP contribution < -0.4 is 15.8 Å². The molecular weight excluding hydrogens is 288 g/mol. The summed E-state index contributed by atoms with van der Waals surface area (Å²) >= 11 is 6.01. The van der Waals surface area contributed by atoms with Crippen LogP contribution in [-0.4, -0.2) is 13.0 Å². The summed E-state index contributed by atoms with van der Waals surface area (Å²) in [4.78, 5) is 11.1. The van der Waals surface area contributed by atoms with E-state index in [1.54, 1.807) is 25.3 Å². The Morgan fingerprint density at radius 3 is 2.67 bits per heavy atom. The Kier molecular flexibility index (Phi) is 4.70. The van der Waals surface area contributed by atoms with Crippen LogP contribution in [0.2, 0.25) is 5.02 Å². The van der Waals surface area contributed by atoms with E-state index < -0.39 is 5.91 Å². The zero-order valence-corrected chi connectivity index (χ0v) is 12.7. The predicted octanol–water partition coefficient (Wildman–Crippen LogP) is 3.37. The second-order valence-corrected chi connectivity index (χ2v) is 5.14. The summed E-state index contributed by atoms with van der Waals surface area (Å²) in [5, 5.41) is 3.97. The van der Waals surface area contributed by atoms with Crippen LogP contribution in [0.5, 0.6) is 5.75 Å². The van der Waals surface area contributed by atoms with Crippen LogP contribution in [0.15, 0.2) is 36.4 Å². The van der Waals surface area contributed by atoms with Gasteiger partial charge in [-0.15, -0.1) is 0 Å². The zero-order valence-electron chi connectivity index (χ0n) is 11.9. The van der Waals surface area contributed by atoms with Gasteiger partial charge < -0.3 is 15.8 Å². The van der Waals surface area contributed by atoms with E-state index in [-0.39, 0.29) is 0 Å². The van der Waals surface area contributed by atoms with E-state index >= 15 is 0 Å². The number of hydrogen-bond donors (Lipinski definition) is 2. The van der Waals surface area contributed by atoms with Crippen molar-refractivity contribution in [3.63, 3.8) is 0 Å². The Morgan fingerprint density at radius 1 is 1.29 bits per heavy atom. The Morgan fingerprint density at radius 2 is 2.05 bits per heavy atom. The third-order valence-corrected chi connectivity index (χ3v) is 3.46. The summed E-state index contributed by atoms with van der Waals surface area (Å²) in [7, 11) is 1.62. The number of ether oxygens (including phenoxy) is 1. The molecule has 110 valence electrons. The molecular formula is C16H17ClN2O2. The molecule has 4 nitrogen and oxygen atoms in total. The first-order valence-corrected chi connectivity index (χ1v) is 6.86. The summed E-state index contributed by atoms with van der Waals surface area (Å²) < 4.78 is 5.31. The van der Waals surface area contributed by atoms with Gasteiger partial charge in [0.05, 0.1) is 7.11 Å². The molecule has 21 heavy (non-hydrogen) atoms. The van der Waals surface area contributed by atoms with Gasteiger partial charge >= 0.3 is 0 Å². The molecule has 2 rings (SSSR count). The minimum Gasteiger partial charge on any atom is -0.496 e. The van der Waals surface area contributed by atoms with E-state index in [2.05, 4.69) is 5.32 Å². The maximum atomic E-state index is 11.1. The fourth-order valence-electron chi connectivity index (χ4n) is 2.09. The van der Waals surface area contributed by atoms with Crippen LogP contribution in [0.1, 0.15) is 21.5 Å². The molecule has 0 radical (unpaired) electrons. The van der Waals surface area contributed by atoms with Gasteiger partial charge in [0.25, 0.3) is 0 Å². The van der Waals surface area contributed by atoms with Crippen LogP contribution >= 0.6 is 11.6 Å². The lowest BCUT2D eigenvalue weighted by Crippen LogP contribution is -2.11. The number of rotatable bonds is 5. The van der Waals surface area contributed by atoms with Gasteiger partial charge in [-0.25, -0.2) is 0 Å². The highest BCUT2D eigenvalue weighted by molar-refractivity contribution is 6.30. The quantitative estimate of drug-likeness (QED) is 0.890. The monoisotopic (exact) mass is 304 g/mol. The van der Waals surface area contributed by atoms with Gasteiger partial charge in [0.2, 0.25) is 5.91 Å². The van der Waals surface area contributed by atoms with Gasteiger partial charge in [-0.1, -0.05) is 11.6 Å². The zero-order chi connectivity index (χ0) is 15.4. The van der Waals surface area contributed by atoms with Gasteiger partial charge in [-0.2, -0.15) is 0 Å². The number of aryl methyl sites for hydroxylation is 1. The minimum atomic E-state index is -0.429. The van der Waals surface area contributed by atoms with E-state index in [4.69, 9.17) is 22.1 Å². The molecule has 0 spiro atoms. The van der Waals surface area contributed by atoms with E-state index in [0.717, 1.165) is 22.6 Å². The van der Waals surface area contributed by atoms with Gasteiger partial charge in [-0.05, 0) is 48.9 Å². The van der Waals surface area contributed by atoms with Gasteiger partial charge in [0.15, 0.2) is 0 Å². The Labute approximate surface area is 128 Å².